The van der Waals surface area contributed by atoms with E-state index in [2.05, 4.69) is 16.0 Å². The van der Waals surface area contributed by atoms with Crippen LogP contribution in [0.2, 0.25) is 0 Å². The summed E-state index contributed by atoms with van der Waals surface area (Å²) in [6.07, 6.45) is 4.50. The van der Waals surface area contributed by atoms with Crippen molar-refractivity contribution in [2.24, 2.45) is 4.99 Å². The van der Waals surface area contributed by atoms with Crippen LogP contribution in [-0.4, -0.2) is 76.1 Å². The van der Waals surface area contributed by atoms with E-state index < -0.39 is 6.29 Å². The Morgan fingerprint density at radius 3 is 2.85 bits per heavy atom. The molecule has 0 aliphatic carbocycles. The van der Waals surface area contributed by atoms with Crippen LogP contribution in [0.15, 0.2) is 47.6 Å². The lowest BCUT2D eigenvalue weighted by atomic mass is 10.1. The molecule has 1 aromatic carbocycles. The summed E-state index contributed by atoms with van der Waals surface area (Å²) in [7, 11) is 1.93. The normalized spacial score (nSPS) is 18.6. The second-order valence-electron chi connectivity index (χ2n) is 8.04. The molecule has 1 unspecified atom stereocenters. The standard InChI is InChI=1S/C23H26N6O3S/c1-27(23-24-6-3-7-29(23)31)14-18-13-19-20(33-18)22(28-8-10-32-11-9-28)26-21(25-19)17-5-2-4-16(12-17)15-30/h2-7,12-13,23,30-31H,8-11,14-15H2,1H3. The van der Waals surface area contributed by atoms with E-state index in [-0.39, 0.29) is 6.61 Å². The molecule has 0 spiro atoms. The molecule has 2 N–H and O–H groups in total. The number of hydroxylamine groups is 2. The van der Waals surface area contributed by atoms with Gasteiger partial charge in [0.25, 0.3) is 0 Å². The van der Waals surface area contributed by atoms with Crippen molar-refractivity contribution in [3.63, 3.8) is 0 Å². The van der Waals surface area contributed by atoms with Crippen LogP contribution in [0.1, 0.15) is 10.4 Å². The fourth-order valence-corrected chi connectivity index (χ4v) is 5.19. The number of aromatic nitrogens is 2. The van der Waals surface area contributed by atoms with Crippen LogP contribution in [0.5, 0.6) is 0 Å². The third-order valence-electron chi connectivity index (χ3n) is 5.66. The van der Waals surface area contributed by atoms with Crippen LogP contribution in [0.4, 0.5) is 5.82 Å². The van der Waals surface area contributed by atoms with Crippen molar-refractivity contribution in [1.29, 1.82) is 0 Å². The van der Waals surface area contributed by atoms with Gasteiger partial charge < -0.3 is 14.7 Å². The first-order chi connectivity index (χ1) is 16.1. The molecule has 5 rings (SSSR count). The highest BCUT2D eigenvalue weighted by Gasteiger charge is 2.23. The largest absolute Gasteiger partial charge is 0.392 e. The number of aliphatic hydroxyl groups is 1. The number of hydrogen-bond acceptors (Lipinski definition) is 10. The molecule has 172 valence electrons. The molecule has 0 bridgehead atoms. The number of nitrogens with zero attached hydrogens (tertiary/aromatic N) is 6. The summed E-state index contributed by atoms with van der Waals surface area (Å²) < 4.78 is 6.59. The Hall–Kier alpha value is -2.89. The van der Waals surface area contributed by atoms with Gasteiger partial charge in [0.1, 0.15) is 0 Å². The van der Waals surface area contributed by atoms with E-state index in [0.29, 0.717) is 25.6 Å². The first kappa shape index (κ1) is 21.9. The average molecular weight is 467 g/mol. The molecule has 1 fully saturated rings. The number of rotatable bonds is 6. The first-order valence-electron chi connectivity index (χ1n) is 10.8. The van der Waals surface area contributed by atoms with Gasteiger partial charge >= 0.3 is 0 Å². The number of allylic oxidation sites excluding steroid dienone is 1. The number of aliphatic imine (C=N–C) groups is 1. The summed E-state index contributed by atoms with van der Waals surface area (Å²) in [6.45, 7) is 3.46. The third kappa shape index (κ3) is 4.61. The lowest BCUT2D eigenvalue weighted by Gasteiger charge is -2.30. The van der Waals surface area contributed by atoms with E-state index in [4.69, 9.17) is 14.7 Å². The van der Waals surface area contributed by atoms with Crippen LogP contribution in [0, 0.1) is 0 Å². The van der Waals surface area contributed by atoms with Crippen molar-refractivity contribution < 1.29 is 15.1 Å². The van der Waals surface area contributed by atoms with E-state index in [1.807, 2.05) is 36.2 Å². The second-order valence-corrected chi connectivity index (χ2v) is 9.17. The van der Waals surface area contributed by atoms with Gasteiger partial charge in [-0.15, -0.1) is 11.3 Å². The minimum atomic E-state index is -0.471. The summed E-state index contributed by atoms with van der Waals surface area (Å²) in [5.74, 6) is 1.55. The molecule has 2 aromatic heterocycles. The van der Waals surface area contributed by atoms with E-state index >= 15 is 0 Å². The van der Waals surface area contributed by atoms with Crippen LogP contribution in [0.3, 0.4) is 0 Å². The molecular formula is C23H26N6O3S. The predicted molar refractivity (Wildman–Crippen MR) is 128 cm³/mol. The van der Waals surface area contributed by atoms with Crippen molar-refractivity contribution in [2.75, 3.05) is 38.3 Å². The van der Waals surface area contributed by atoms with Gasteiger partial charge in [-0.3, -0.25) is 15.1 Å². The quantitative estimate of drug-likeness (QED) is 0.572. The van der Waals surface area contributed by atoms with Gasteiger partial charge in [-0.1, -0.05) is 18.2 Å². The van der Waals surface area contributed by atoms with Crippen molar-refractivity contribution in [3.05, 3.63) is 53.0 Å². The number of aliphatic hydroxyl groups excluding tert-OH is 1. The van der Waals surface area contributed by atoms with Gasteiger partial charge in [0.05, 0.1) is 30.0 Å². The number of thiophene rings is 1. The van der Waals surface area contributed by atoms with Crippen LogP contribution >= 0.6 is 11.3 Å². The van der Waals surface area contributed by atoms with Crippen LogP contribution in [-0.2, 0) is 17.9 Å². The third-order valence-corrected chi connectivity index (χ3v) is 6.77. The molecule has 0 saturated carbocycles. The first-order valence-corrected chi connectivity index (χ1v) is 11.6. The molecule has 2 aliphatic rings. The molecule has 0 radical (unpaired) electrons. The van der Waals surface area contributed by atoms with Crippen molar-refractivity contribution >= 4 is 33.6 Å². The average Bonchev–Trinajstić information content (AvgIpc) is 3.26. The molecule has 3 aromatic rings. The smallest absolute Gasteiger partial charge is 0.201 e. The topological polar surface area (TPSA) is 97.5 Å². The molecule has 33 heavy (non-hydrogen) atoms. The lowest BCUT2D eigenvalue weighted by molar-refractivity contribution is -0.125. The van der Waals surface area contributed by atoms with Gasteiger partial charge in [0, 0.05) is 42.5 Å². The Labute approximate surface area is 195 Å². The van der Waals surface area contributed by atoms with Crippen molar-refractivity contribution in [2.45, 2.75) is 19.4 Å². The zero-order valence-corrected chi connectivity index (χ0v) is 19.1. The van der Waals surface area contributed by atoms with Gasteiger partial charge in [-0.25, -0.2) is 15.0 Å². The highest BCUT2D eigenvalue weighted by atomic mass is 32.1. The van der Waals surface area contributed by atoms with E-state index in [9.17, 15) is 10.3 Å². The highest BCUT2D eigenvalue weighted by molar-refractivity contribution is 7.19. The number of anilines is 1. The molecule has 2 aliphatic heterocycles. The Balaban J connectivity index is 1.52. The maximum absolute atomic E-state index is 10.1. The van der Waals surface area contributed by atoms with Crippen LogP contribution < -0.4 is 4.90 Å². The Bertz CT molecular complexity index is 1190. The van der Waals surface area contributed by atoms with E-state index in [1.165, 1.54) is 0 Å². The predicted octanol–water partition coefficient (Wildman–Crippen LogP) is 2.69. The number of morpholine rings is 1. The SMILES string of the molecule is CN(Cc1cc2nc(-c3cccc(CO)c3)nc(N3CCOCC3)c2s1)C1N=CC=CN1O. The molecule has 10 heteroatoms. The van der Waals surface area contributed by atoms with Gasteiger partial charge in [0.2, 0.25) is 6.29 Å². The molecule has 1 saturated heterocycles. The monoisotopic (exact) mass is 466 g/mol. The number of ether oxygens (including phenoxy) is 1. The highest BCUT2D eigenvalue weighted by Crippen LogP contribution is 2.35. The fourth-order valence-electron chi connectivity index (χ4n) is 4.01. The molecule has 4 heterocycles. The Morgan fingerprint density at radius 1 is 1.21 bits per heavy atom. The summed E-state index contributed by atoms with van der Waals surface area (Å²) in [5.41, 5.74) is 2.59. The van der Waals surface area contributed by atoms with Crippen molar-refractivity contribution in [1.82, 2.24) is 19.9 Å². The summed E-state index contributed by atoms with van der Waals surface area (Å²) >= 11 is 1.66. The molecule has 1 atom stereocenters. The summed E-state index contributed by atoms with van der Waals surface area (Å²) in [5, 5.41) is 20.8. The van der Waals surface area contributed by atoms with Gasteiger partial charge in [0.15, 0.2) is 11.6 Å². The minimum Gasteiger partial charge on any atom is -0.392 e. The summed E-state index contributed by atoms with van der Waals surface area (Å²) in [6, 6.07) is 9.78. The molecule has 0 amide bonds. The lowest BCUT2D eigenvalue weighted by Crippen LogP contribution is -2.41. The minimum absolute atomic E-state index is 0.0257. The zero-order chi connectivity index (χ0) is 22.8. The fraction of sp³-hybridized carbons (Fsp3) is 0.348. The van der Waals surface area contributed by atoms with Crippen molar-refractivity contribution in [3.8, 4) is 11.4 Å². The van der Waals surface area contributed by atoms with E-state index in [1.54, 1.807) is 29.8 Å². The number of benzene rings is 1. The molecule has 9 nitrogen and oxygen atoms in total. The zero-order valence-electron chi connectivity index (χ0n) is 18.3. The van der Waals surface area contributed by atoms with Gasteiger partial charge in [-0.2, -0.15) is 0 Å². The Kier molecular flexibility index (Phi) is 6.34. The van der Waals surface area contributed by atoms with E-state index in [0.717, 1.165) is 50.2 Å². The maximum Gasteiger partial charge on any atom is 0.201 e. The number of fused-ring (bicyclic) bond motifs is 1. The molecular weight excluding hydrogens is 440 g/mol. The second kappa shape index (κ2) is 9.54. The number of hydrogen-bond donors (Lipinski definition) is 2. The van der Waals surface area contributed by atoms with Crippen LogP contribution in [0.25, 0.3) is 21.6 Å². The Morgan fingerprint density at radius 2 is 2.06 bits per heavy atom. The summed E-state index contributed by atoms with van der Waals surface area (Å²) in [4.78, 5) is 19.5. The van der Waals surface area contributed by atoms with Gasteiger partial charge in [-0.05, 0) is 30.8 Å². The maximum atomic E-state index is 10.1.